The van der Waals surface area contributed by atoms with Crippen LogP contribution in [0.3, 0.4) is 0 Å². The van der Waals surface area contributed by atoms with E-state index in [4.69, 9.17) is 21.1 Å². The van der Waals surface area contributed by atoms with Gasteiger partial charge in [-0.15, -0.1) is 0 Å². The average Bonchev–Trinajstić information content (AvgIpc) is 2.96. The number of methoxy groups -OCH3 is 1. The van der Waals surface area contributed by atoms with Crippen molar-refractivity contribution in [3.63, 3.8) is 0 Å². The highest BCUT2D eigenvalue weighted by atomic mass is 35.5. The second-order valence-electron chi connectivity index (χ2n) is 10.4. The predicted molar refractivity (Wildman–Crippen MR) is 167 cm³/mol. The summed E-state index contributed by atoms with van der Waals surface area (Å²) < 4.78 is 11.0. The first kappa shape index (κ1) is 28.9. The topological polar surface area (TPSA) is 18.5 Å². The summed E-state index contributed by atoms with van der Waals surface area (Å²) in [5, 5.41) is 0.735. The molecule has 4 rings (SSSR count). The van der Waals surface area contributed by atoms with Crippen molar-refractivity contribution in [1.29, 1.82) is 0 Å². The van der Waals surface area contributed by atoms with Crippen LogP contribution in [-0.2, 0) is 11.2 Å². The summed E-state index contributed by atoms with van der Waals surface area (Å²) in [4.78, 5) is 0. The molecule has 0 bridgehead atoms. The van der Waals surface area contributed by atoms with Crippen LogP contribution in [0.5, 0.6) is 5.75 Å². The highest BCUT2D eigenvalue weighted by Gasteiger charge is 2.09. The zero-order valence-corrected chi connectivity index (χ0v) is 24.3. The van der Waals surface area contributed by atoms with Crippen molar-refractivity contribution >= 4 is 11.6 Å². The van der Waals surface area contributed by atoms with Gasteiger partial charge in [0.15, 0.2) is 0 Å². The van der Waals surface area contributed by atoms with E-state index in [1.54, 1.807) is 7.11 Å². The molecule has 0 aliphatic heterocycles. The maximum atomic E-state index is 6.74. The third kappa shape index (κ3) is 8.46. The van der Waals surface area contributed by atoms with Gasteiger partial charge < -0.3 is 9.47 Å². The molecule has 2 nitrogen and oxygen atoms in total. The quantitative estimate of drug-likeness (QED) is 0.148. The third-order valence-corrected chi connectivity index (χ3v) is 7.51. The Labute approximate surface area is 240 Å². The molecule has 0 saturated carbocycles. The number of benzene rings is 4. The van der Waals surface area contributed by atoms with E-state index in [2.05, 4.69) is 67.6 Å². The Bertz CT molecular complexity index is 1280. The molecule has 3 heteroatoms. The van der Waals surface area contributed by atoms with Crippen LogP contribution in [0, 0.1) is 0 Å². The molecule has 0 spiro atoms. The molecule has 0 N–H and O–H groups in total. The lowest BCUT2D eigenvalue weighted by molar-refractivity contribution is 0.0921. The molecule has 0 fully saturated rings. The summed E-state index contributed by atoms with van der Waals surface area (Å²) in [5.74, 6) is 0.823. The minimum atomic E-state index is 0.00405. The molecule has 1 unspecified atom stereocenters. The predicted octanol–water partition coefficient (Wildman–Crippen LogP) is 10.7. The molecule has 0 aliphatic carbocycles. The summed E-state index contributed by atoms with van der Waals surface area (Å²) in [5.41, 5.74) is 8.26. The van der Waals surface area contributed by atoms with Gasteiger partial charge in [0, 0.05) is 17.7 Å². The molecule has 1 atom stereocenters. The fourth-order valence-corrected chi connectivity index (χ4v) is 5.26. The van der Waals surface area contributed by atoms with Crippen LogP contribution in [0.4, 0.5) is 0 Å². The van der Waals surface area contributed by atoms with Gasteiger partial charge in [0.2, 0.25) is 0 Å². The molecule has 204 valence electrons. The molecular formula is C36H41ClO2. The van der Waals surface area contributed by atoms with Crippen LogP contribution in [0.25, 0.3) is 33.4 Å². The first-order valence-electron chi connectivity index (χ1n) is 14.3. The number of halogens is 1. The zero-order chi connectivity index (χ0) is 27.5. The van der Waals surface area contributed by atoms with Crippen LogP contribution in [0.15, 0.2) is 91.0 Å². The van der Waals surface area contributed by atoms with Crippen molar-refractivity contribution in [2.45, 2.75) is 64.9 Å². The summed E-state index contributed by atoms with van der Waals surface area (Å²) in [6.07, 6.45) is 9.22. The molecule has 0 aromatic heterocycles. The number of hydrogen-bond donors (Lipinski definition) is 0. The molecule has 0 saturated heterocycles. The monoisotopic (exact) mass is 540 g/mol. The number of hydrogen-bond acceptors (Lipinski definition) is 2. The first-order valence-corrected chi connectivity index (χ1v) is 14.7. The Hall–Kier alpha value is -3.07. The van der Waals surface area contributed by atoms with Crippen LogP contribution in [0.1, 0.15) is 57.9 Å². The van der Waals surface area contributed by atoms with Gasteiger partial charge in [-0.05, 0) is 71.3 Å². The Morgan fingerprint density at radius 2 is 1.18 bits per heavy atom. The second-order valence-corrected chi connectivity index (χ2v) is 10.8. The number of aryl methyl sites for hydroxylation is 1. The van der Waals surface area contributed by atoms with Gasteiger partial charge in [-0.25, -0.2) is 0 Å². The first-order chi connectivity index (χ1) is 19.1. The van der Waals surface area contributed by atoms with E-state index in [1.807, 2.05) is 37.3 Å². The van der Waals surface area contributed by atoms with Crippen molar-refractivity contribution in [3.8, 4) is 39.1 Å². The van der Waals surface area contributed by atoms with Crippen molar-refractivity contribution in [1.82, 2.24) is 0 Å². The SMILES string of the molecule is CCCCCCCCc1ccc(-c2ccc(-c3ccc(-c4ccc(OC(C)COC)cc4)c(Cl)c3)cc2)cc1. The molecule has 4 aromatic rings. The van der Waals surface area contributed by atoms with Crippen LogP contribution >= 0.6 is 11.6 Å². The lowest BCUT2D eigenvalue weighted by Crippen LogP contribution is -2.17. The molecule has 0 aliphatic rings. The Kier molecular flexibility index (Phi) is 11.1. The van der Waals surface area contributed by atoms with Gasteiger partial charge in [-0.3, -0.25) is 0 Å². The molecule has 4 aromatic carbocycles. The Morgan fingerprint density at radius 1 is 0.641 bits per heavy atom. The van der Waals surface area contributed by atoms with Crippen LogP contribution in [0.2, 0.25) is 5.02 Å². The molecular weight excluding hydrogens is 500 g/mol. The Balaban J connectivity index is 1.36. The van der Waals surface area contributed by atoms with E-state index in [1.165, 1.54) is 61.6 Å². The van der Waals surface area contributed by atoms with Gasteiger partial charge >= 0.3 is 0 Å². The summed E-state index contributed by atoms with van der Waals surface area (Å²) in [7, 11) is 1.68. The maximum absolute atomic E-state index is 6.74. The van der Waals surface area contributed by atoms with E-state index in [0.717, 1.165) is 33.0 Å². The lowest BCUT2D eigenvalue weighted by atomic mass is 9.97. The van der Waals surface area contributed by atoms with Gasteiger partial charge in [-0.1, -0.05) is 123 Å². The van der Waals surface area contributed by atoms with Crippen molar-refractivity contribution < 1.29 is 9.47 Å². The number of rotatable bonds is 14. The summed E-state index contributed by atoms with van der Waals surface area (Å²) >= 11 is 6.74. The zero-order valence-electron chi connectivity index (χ0n) is 23.6. The van der Waals surface area contributed by atoms with Crippen LogP contribution < -0.4 is 4.74 Å². The Morgan fingerprint density at radius 3 is 1.79 bits per heavy atom. The van der Waals surface area contributed by atoms with Gasteiger partial charge in [-0.2, -0.15) is 0 Å². The highest BCUT2D eigenvalue weighted by Crippen LogP contribution is 2.34. The van der Waals surface area contributed by atoms with E-state index < -0.39 is 0 Å². The summed E-state index contributed by atoms with van der Waals surface area (Å²) in [6, 6.07) is 32.2. The molecule has 39 heavy (non-hydrogen) atoms. The minimum absolute atomic E-state index is 0.00405. The molecule has 0 radical (unpaired) electrons. The largest absolute Gasteiger partial charge is 0.488 e. The highest BCUT2D eigenvalue weighted by molar-refractivity contribution is 6.33. The maximum Gasteiger partial charge on any atom is 0.119 e. The van der Waals surface area contributed by atoms with Gasteiger partial charge in [0.25, 0.3) is 0 Å². The molecule has 0 amide bonds. The third-order valence-electron chi connectivity index (χ3n) is 7.20. The lowest BCUT2D eigenvalue weighted by Gasteiger charge is -2.14. The van der Waals surface area contributed by atoms with Crippen LogP contribution in [-0.4, -0.2) is 19.8 Å². The van der Waals surface area contributed by atoms with Gasteiger partial charge in [0.1, 0.15) is 11.9 Å². The van der Waals surface area contributed by atoms with E-state index in [0.29, 0.717) is 6.61 Å². The molecule has 0 heterocycles. The number of unbranched alkanes of at least 4 members (excludes halogenated alkanes) is 5. The fourth-order valence-electron chi connectivity index (χ4n) is 4.97. The second kappa shape index (κ2) is 14.9. The number of ether oxygens (including phenoxy) is 2. The van der Waals surface area contributed by atoms with E-state index in [9.17, 15) is 0 Å². The smallest absolute Gasteiger partial charge is 0.119 e. The van der Waals surface area contributed by atoms with Crippen molar-refractivity contribution in [3.05, 3.63) is 102 Å². The van der Waals surface area contributed by atoms with E-state index >= 15 is 0 Å². The minimum Gasteiger partial charge on any atom is -0.488 e. The van der Waals surface area contributed by atoms with Gasteiger partial charge in [0.05, 0.1) is 6.61 Å². The fraction of sp³-hybridized carbons (Fsp3) is 0.333. The summed E-state index contributed by atoms with van der Waals surface area (Å²) in [6.45, 7) is 4.82. The standard InChI is InChI=1S/C36H41ClO2/c1-4-5-6-7-8-9-10-28-11-13-29(14-12-28)30-15-17-31(18-16-30)33-21-24-35(36(37)25-33)32-19-22-34(23-20-32)39-27(2)26-38-3/h11-25,27H,4-10,26H2,1-3H3. The average molecular weight is 541 g/mol. The van der Waals surface area contributed by atoms with E-state index in [-0.39, 0.29) is 6.10 Å². The van der Waals surface area contributed by atoms with Crippen molar-refractivity contribution in [2.75, 3.05) is 13.7 Å². The normalized spacial score (nSPS) is 11.9. The van der Waals surface area contributed by atoms with Crippen molar-refractivity contribution in [2.24, 2.45) is 0 Å².